The molecule has 1 saturated heterocycles. The van der Waals surface area contributed by atoms with Crippen molar-refractivity contribution in [1.82, 2.24) is 14.8 Å². The van der Waals surface area contributed by atoms with Crippen molar-refractivity contribution in [3.63, 3.8) is 0 Å². The van der Waals surface area contributed by atoms with E-state index >= 15 is 0 Å². The molecular weight excluding hydrogens is 628 g/mol. The van der Waals surface area contributed by atoms with Gasteiger partial charge >= 0.3 is 6.18 Å². The molecule has 1 aliphatic rings. The van der Waals surface area contributed by atoms with Gasteiger partial charge in [-0.2, -0.15) is 18.3 Å². The number of hydrogen-bond acceptors (Lipinski definition) is 8. The Morgan fingerprint density at radius 3 is 2.68 bits per heavy atom. The molecule has 4 N–H and O–H groups in total. The van der Waals surface area contributed by atoms with Gasteiger partial charge in [-0.25, -0.2) is 19.4 Å². The molecule has 0 aliphatic carbocycles. The van der Waals surface area contributed by atoms with Crippen LogP contribution in [0.5, 0.6) is 0 Å². The van der Waals surface area contributed by atoms with Gasteiger partial charge in [-0.05, 0) is 38.1 Å². The second-order valence-corrected chi connectivity index (χ2v) is 11.5. The maximum Gasteiger partial charge on any atom is 0.418 e. The molecule has 0 radical (unpaired) electrons. The quantitative estimate of drug-likeness (QED) is 0.149. The third-order valence-electron chi connectivity index (χ3n) is 7.03. The SMILES string of the molecule is CO[C@H]1C(C(C)O)O[C@@H](C(N=C(C)N)=Nc2cc(Cl)ccc2C(F)(F)F)C(O)C1n1cc(-c2cc(F)cc3ncsc23)cn1. The summed E-state index contributed by atoms with van der Waals surface area (Å²) in [5.74, 6) is -0.995. The summed E-state index contributed by atoms with van der Waals surface area (Å²) in [4.78, 5) is 12.4. The third kappa shape index (κ3) is 6.34. The number of amidine groups is 2. The van der Waals surface area contributed by atoms with Crippen molar-refractivity contribution in [3.05, 3.63) is 64.6 Å². The lowest BCUT2D eigenvalue weighted by molar-refractivity contribution is -0.208. The first-order valence-electron chi connectivity index (χ1n) is 13.2. The van der Waals surface area contributed by atoms with E-state index in [1.165, 1.54) is 55.3 Å². The van der Waals surface area contributed by atoms with Crippen LogP contribution >= 0.6 is 22.9 Å². The first kappa shape index (κ1) is 31.9. The summed E-state index contributed by atoms with van der Waals surface area (Å²) in [5.41, 5.74) is 7.19. The Balaban J connectivity index is 1.63. The summed E-state index contributed by atoms with van der Waals surface area (Å²) in [7, 11) is 1.35. The molecule has 44 heavy (non-hydrogen) atoms. The first-order chi connectivity index (χ1) is 20.8. The normalized spacial score (nSPS) is 24.2. The zero-order valence-electron chi connectivity index (χ0n) is 23.4. The number of rotatable bonds is 6. The minimum absolute atomic E-state index is 0.0229. The number of nitrogens with two attached hydrogens (primary N) is 1. The van der Waals surface area contributed by atoms with Gasteiger partial charge in [0.15, 0.2) is 5.84 Å². The molecule has 3 heterocycles. The number of halogens is 5. The van der Waals surface area contributed by atoms with Crippen LogP contribution in [0.2, 0.25) is 5.02 Å². The Morgan fingerprint density at radius 1 is 1.27 bits per heavy atom. The van der Waals surface area contributed by atoms with Gasteiger partial charge in [0.2, 0.25) is 0 Å². The molecule has 0 bridgehead atoms. The summed E-state index contributed by atoms with van der Waals surface area (Å²) in [6.07, 6.45) is -8.20. The molecule has 10 nitrogen and oxygen atoms in total. The number of methoxy groups -OCH3 is 1. The smallest absolute Gasteiger partial charge is 0.391 e. The number of aromatic nitrogens is 3. The minimum Gasteiger partial charge on any atom is -0.391 e. The zero-order chi connectivity index (χ0) is 31.9. The van der Waals surface area contributed by atoms with E-state index in [2.05, 4.69) is 20.1 Å². The Kier molecular flexibility index (Phi) is 9.07. The average Bonchev–Trinajstić information content (AvgIpc) is 3.61. The molecule has 2 aromatic carbocycles. The minimum atomic E-state index is -4.79. The molecule has 0 amide bonds. The fourth-order valence-corrected chi connectivity index (χ4v) is 6.13. The van der Waals surface area contributed by atoms with Gasteiger partial charge in [-0.3, -0.25) is 4.68 Å². The zero-order valence-corrected chi connectivity index (χ0v) is 25.0. The van der Waals surface area contributed by atoms with Gasteiger partial charge in [0, 0.05) is 35.5 Å². The molecule has 234 valence electrons. The fraction of sp³-hybridized carbons (Fsp3) is 0.357. The van der Waals surface area contributed by atoms with E-state index in [4.69, 9.17) is 26.8 Å². The molecule has 16 heteroatoms. The number of alkyl halides is 3. The van der Waals surface area contributed by atoms with Gasteiger partial charge < -0.3 is 25.4 Å². The monoisotopic (exact) mass is 654 g/mol. The van der Waals surface area contributed by atoms with Crippen LogP contribution < -0.4 is 5.73 Å². The number of hydrogen-bond donors (Lipinski definition) is 3. The van der Waals surface area contributed by atoms with Crippen LogP contribution in [0.3, 0.4) is 0 Å². The van der Waals surface area contributed by atoms with Crippen LogP contribution in [0, 0.1) is 5.82 Å². The lowest BCUT2D eigenvalue weighted by atomic mass is 9.89. The number of aliphatic hydroxyl groups excluding tert-OH is 2. The average molecular weight is 655 g/mol. The lowest BCUT2D eigenvalue weighted by Crippen LogP contribution is -2.60. The van der Waals surface area contributed by atoms with Crippen molar-refractivity contribution in [2.24, 2.45) is 15.7 Å². The summed E-state index contributed by atoms with van der Waals surface area (Å²) < 4.78 is 69.8. The summed E-state index contributed by atoms with van der Waals surface area (Å²) in [6, 6.07) is 4.41. The Labute approximate surface area is 257 Å². The van der Waals surface area contributed by atoms with Crippen LogP contribution in [0.25, 0.3) is 21.3 Å². The van der Waals surface area contributed by atoms with Crippen LogP contribution in [0.4, 0.5) is 23.2 Å². The lowest BCUT2D eigenvalue weighted by Gasteiger charge is -2.45. The Bertz CT molecular complexity index is 1720. The van der Waals surface area contributed by atoms with Crippen LogP contribution in [-0.4, -0.2) is 74.3 Å². The van der Waals surface area contributed by atoms with Crippen LogP contribution in [-0.2, 0) is 15.7 Å². The van der Waals surface area contributed by atoms with E-state index in [0.29, 0.717) is 21.3 Å². The van der Waals surface area contributed by atoms with Gasteiger partial charge in [0.1, 0.15) is 36.3 Å². The highest BCUT2D eigenvalue weighted by molar-refractivity contribution is 7.17. The molecule has 1 fully saturated rings. The van der Waals surface area contributed by atoms with E-state index in [-0.39, 0.29) is 10.9 Å². The van der Waals surface area contributed by atoms with Crippen molar-refractivity contribution < 1.29 is 37.2 Å². The molecule has 5 rings (SSSR count). The molecule has 4 unspecified atom stereocenters. The number of ether oxygens (including phenoxy) is 2. The summed E-state index contributed by atoms with van der Waals surface area (Å²) in [5, 5.41) is 26.8. The van der Waals surface area contributed by atoms with Gasteiger partial charge in [0.05, 0.1) is 45.1 Å². The Morgan fingerprint density at radius 2 is 2.02 bits per heavy atom. The van der Waals surface area contributed by atoms with E-state index in [9.17, 15) is 27.8 Å². The van der Waals surface area contributed by atoms with E-state index < -0.39 is 65.6 Å². The van der Waals surface area contributed by atoms with E-state index in [1.54, 1.807) is 11.7 Å². The van der Waals surface area contributed by atoms with E-state index in [1.807, 2.05) is 0 Å². The highest BCUT2D eigenvalue weighted by atomic mass is 35.5. The molecule has 0 spiro atoms. The largest absolute Gasteiger partial charge is 0.418 e. The summed E-state index contributed by atoms with van der Waals surface area (Å²) in [6.45, 7) is 2.81. The standard InChI is InChI=1S/C28H27ClF4N6O4S/c1-12(40)23-24(42-3)21(39-10-14(9-36-39)17-7-16(30)8-20-26(17)44-11-35-20)22(41)25(43-23)27(37-13(2)34)38-19-6-15(29)4-5-18(19)28(31,32)33/h4-12,21-25,40-41H,1-3H3,(H2,34,37,38)/t12?,21?,22?,23?,24-,25-/m1/s1. The van der Waals surface area contributed by atoms with Crippen molar-refractivity contribution >= 4 is 50.5 Å². The maximum absolute atomic E-state index is 14.4. The van der Waals surface area contributed by atoms with Crippen LogP contribution in [0.15, 0.2) is 58.2 Å². The van der Waals surface area contributed by atoms with Gasteiger partial charge in [0.25, 0.3) is 0 Å². The van der Waals surface area contributed by atoms with Crippen molar-refractivity contribution in [2.45, 2.75) is 56.6 Å². The Hall–Kier alpha value is -3.47. The van der Waals surface area contributed by atoms with E-state index in [0.717, 1.165) is 18.2 Å². The van der Waals surface area contributed by atoms with Crippen LogP contribution in [0.1, 0.15) is 25.5 Å². The third-order valence-corrected chi connectivity index (χ3v) is 8.14. The van der Waals surface area contributed by atoms with Crippen molar-refractivity contribution in [2.75, 3.05) is 7.11 Å². The van der Waals surface area contributed by atoms with Gasteiger partial charge in [-0.15, -0.1) is 11.3 Å². The second-order valence-electron chi connectivity index (χ2n) is 10.2. The molecule has 2 aromatic heterocycles. The molecule has 4 aromatic rings. The maximum atomic E-state index is 14.4. The predicted octanol–water partition coefficient (Wildman–Crippen LogP) is 5.14. The molecule has 0 saturated carbocycles. The number of aliphatic imine (C=N–C) groups is 2. The molecule has 6 atom stereocenters. The summed E-state index contributed by atoms with van der Waals surface area (Å²) >= 11 is 7.32. The van der Waals surface area contributed by atoms with Crippen molar-refractivity contribution in [3.8, 4) is 11.1 Å². The fourth-order valence-electron chi connectivity index (χ4n) is 5.16. The highest BCUT2D eigenvalue weighted by Crippen LogP contribution is 2.40. The number of aliphatic hydroxyl groups is 2. The number of thiazole rings is 1. The first-order valence-corrected chi connectivity index (χ1v) is 14.4. The molecular formula is C28H27ClF4N6O4S. The molecule has 1 aliphatic heterocycles. The number of fused-ring (bicyclic) bond motifs is 1. The second kappa shape index (κ2) is 12.5. The van der Waals surface area contributed by atoms with Crippen molar-refractivity contribution in [1.29, 1.82) is 0 Å². The number of benzene rings is 2. The topological polar surface area (TPSA) is 140 Å². The predicted molar refractivity (Wildman–Crippen MR) is 158 cm³/mol. The van der Waals surface area contributed by atoms with Gasteiger partial charge in [-0.1, -0.05) is 11.6 Å². The number of nitrogens with zero attached hydrogens (tertiary/aromatic N) is 5. The highest BCUT2D eigenvalue weighted by Gasteiger charge is 2.50.